The van der Waals surface area contributed by atoms with Crippen LogP contribution in [0.2, 0.25) is 0 Å². The molecule has 0 aliphatic heterocycles. The number of hydrogen-bond donors (Lipinski definition) is 0. The van der Waals surface area contributed by atoms with Gasteiger partial charge in [-0.1, -0.05) is 189 Å². The number of nitrogens with zero attached hydrogens (tertiary/aromatic N) is 1. The minimum absolute atomic E-state index is 0.521. The van der Waals surface area contributed by atoms with E-state index in [0.29, 0.717) is 0 Å². The lowest BCUT2D eigenvalue weighted by Crippen LogP contribution is -2.28. The standard InChI is InChI=1S/C58H41NS/c1-3-18-45-39(4-2)37-55(50-25-12-11-23-47(45)50)59(43-33-31-40(32-34-43)46-27-17-28-52-51-26-14-16-30-56(51)60-57(46)52)44-35-36-49-48-24-13-15-29-53(48)58(54(49)38-44,41-19-7-5-8-20-41)42-21-9-6-10-22-42/h3-38H,2H2,1H3/b18-3-. The van der Waals surface area contributed by atoms with Gasteiger partial charge in [0.1, 0.15) is 0 Å². The third-order valence-corrected chi connectivity index (χ3v) is 13.7. The van der Waals surface area contributed by atoms with Crippen molar-refractivity contribution in [3.63, 3.8) is 0 Å². The molecular weight excluding hydrogens is 743 g/mol. The first-order chi connectivity index (χ1) is 29.7. The molecule has 9 aromatic carbocycles. The predicted octanol–water partition coefficient (Wildman–Crippen LogP) is 16.4. The summed E-state index contributed by atoms with van der Waals surface area (Å²) in [7, 11) is 0. The van der Waals surface area contributed by atoms with E-state index in [4.69, 9.17) is 0 Å². The summed E-state index contributed by atoms with van der Waals surface area (Å²) in [6.07, 6.45) is 6.32. The minimum Gasteiger partial charge on any atom is -0.310 e. The summed E-state index contributed by atoms with van der Waals surface area (Å²) in [4.78, 5) is 2.46. The summed E-state index contributed by atoms with van der Waals surface area (Å²) in [5, 5.41) is 4.99. The molecule has 0 unspecified atom stereocenters. The molecular formula is C58H41NS. The van der Waals surface area contributed by atoms with Crippen LogP contribution >= 0.6 is 11.3 Å². The molecule has 60 heavy (non-hydrogen) atoms. The van der Waals surface area contributed by atoms with Gasteiger partial charge in [0, 0.05) is 36.9 Å². The first-order valence-corrected chi connectivity index (χ1v) is 21.5. The molecule has 2 heteroatoms. The summed E-state index contributed by atoms with van der Waals surface area (Å²) in [6, 6.07) is 74.0. The van der Waals surface area contributed by atoms with Gasteiger partial charge in [0.2, 0.25) is 0 Å². The van der Waals surface area contributed by atoms with E-state index in [2.05, 4.69) is 231 Å². The van der Waals surface area contributed by atoms with Gasteiger partial charge in [-0.05, 0) is 104 Å². The van der Waals surface area contributed by atoms with Crippen molar-refractivity contribution < 1.29 is 0 Å². The molecule has 284 valence electrons. The van der Waals surface area contributed by atoms with Crippen molar-refractivity contribution in [2.45, 2.75) is 12.3 Å². The van der Waals surface area contributed by atoms with Crippen LogP contribution in [0.5, 0.6) is 0 Å². The largest absolute Gasteiger partial charge is 0.310 e. The summed E-state index contributed by atoms with van der Waals surface area (Å²) < 4.78 is 2.63. The number of thiophene rings is 1. The van der Waals surface area contributed by atoms with E-state index in [-0.39, 0.29) is 0 Å². The average Bonchev–Trinajstić information content (AvgIpc) is 3.84. The van der Waals surface area contributed by atoms with Crippen LogP contribution in [0.25, 0.3) is 65.4 Å². The molecule has 10 aromatic rings. The maximum Gasteiger partial charge on any atom is 0.0714 e. The van der Waals surface area contributed by atoms with Crippen LogP contribution in [0, 0.1) is 0 Å². The van der Waals surface area contributed by atoms with Crippen LogP contribution in [0.3, 0.4) is 0 Å². The van der Waals surface area contributed by atoms with Gasteiger partial charge >= 0.3 is 0 Å². The van der Waals surface area contributed by atoms with Crippen LogP contribution in [0.1, 0.15) is 40.3 Å². The number of rotatable bonds is 8. The molecule has 0 atom stereocenters. The monoisotopic (exact) mass is 783 g/mol. The van der Waals surface area contributed by atoms with E-state index < -0.39 is 5.41 Å². The van der Waals surface area contributed by atoms with Crippen LogP contribution in [-0.4, -0.2) is 0 Å². The molecule has 1 nitrogen and oxygen atoms in total. The van der Waals surface area contributed by atoms with Gasteiger partial charge < -0.3 is 4.90 Å². The average molecular weight is 784 g/mol. The Bertz CT molecular complexity index is 3240. The predicted molar refractivity (Wildman–Crippen MR) is 259 cm³/mol. The van der Waals surface area contributed by atoms with E-state index in [1.165, 1.54) is 81.0 Å². The van der Waals surface area contributed by atoms with Crippen LogP contribution < -0.4 is 4.90 Å². The first kappa shape index (κ1) is 35.9. The minimum atomic E-state index is -0.521. The fourth-order valence-electron chi connectivity index (χ4n) is 9.87. The van der Waals surface area contributed by atoms with Crippen molar-refractivity contribution in [2.24, 2.45) is 0 Å². The van der Waals surface area contributed by atoms with Crippen molar-refractivity contribution in [1.82, 2.24) is 0 Å². The topological polar surface area (TPSA) is 3.24 Å². The van der Waals surface area contributed by atoms with Crippen molar-refractivity contribution in [3.8, 4) is 22.3 Å². The van der Waals surface area contributed by atoms with E-state index >= 15 is 0 Å². The molecule has 0 spiro atoms. The lowest BCUT2D eigenvalue weighted by molar-refractivity contribution is 0.768. The van der Waals surface area contributed by atoms with Gasteiger partial charge in [0.25, 0.3) is 0 Å². The molecule has 1 aliphatic carbocycles. The van der Waals surface area contributed by atoms with Gasteiger partial charge in [-0.3, -0.25) is 0 Å². The molecule has 0 amide bonds. The Balaban J connectivity index is 1.17. The van der Waals surface area contributed by atoms with Crippen LogP contribution in [0.15, 0.2) is 213 Å². The van der Waals surface area contributed by atoms with Gasteiger partial charge in [-0.15, -0.1) is 11.3 Å². The summed E-state index contributed by atoms with van der Waals surface area (Å²) in [6.45, 7) is 6.40. The summed E-state index contributed by atoms with van der Waals surface area (Å²) in [5.74, 6) is 0. The summed E-state index contributed by atoms with van der Waals surface area (Å²) in [5.41, 5.74) is 15.1. The quantitative estimate of drug-likeness (QED) is 0.148. The SMILES string of the molecule is C=Cc1cc(N(c2ccc(-c3cccc4c3sc3ccccc34)cc2)c2ccc3c(c2)C(c2ccccc2)(c2ccccc2)c2ccccc2-3)c2ccccc2c1/C=C\C. The lowest BCUT2D eigenvalue weighted by atomic mass is 9.67. The number of allylic oxidation sites excluding steroid dienone is 1. The highest BCUT2D eigenvalue weighted by Gasteiger charge is 2.46. The van der Waals surface area contributed by atoms with Crippen molar-refractivity contribution >= 4 is 71.5 Å². The Morgan fingerprint density at radius 3 is 1.83 bits per heavy atom. The molecule has 0 N–H and O–H groups in total. The number of fused-ring (bicyclic) bond motifs is 7. The molecule has 1 aliphatic rings. The number of hydrogen-bond acceptors (Lipinski definition) is 2. The Morgan fingerprint density at radius 2 is 1.10 bits per heavy atom. The smallest absolute Gasteiger partial charge is 0.0714 e. The second-order valence-corrected chi connectivity index (χ2v) is 16.6. The second kappa shape index (κ2) is 14.5. The second-order valence-electron chi connectivity index (χ2n) is 15.6. The zero-order valence-corrected chi connectivity index (χ0v) is 34.2. The van der Waals surface area contributed by atoms with Crippen LogP contribution in [-0.2, 0) is 5.41 Å². The van der Waals surface area contributed by atoms with E-state index in [1.54, 1.807) is 0 Å². The van der Waals surface area contributed by atoms with E-state index in [1.807, 2.05) is 17.4 Å². The van der Waals surface area contributed by atoms with Crippen molar-refractivity contribution in [3.05, 3.63) is 246 Å². The Hall–Kier alpha value is -7.26. The Labute approximate surface area is 355 Å². The Kier molecular flexibility index (Phi) is 8.69. The highest BCUT2D eigenvalue weighted by atomic mass is 32.1. The maximum absolute atomic E-state index is 4.32. The third kappa shape index (κ3) is 5.45. The van der Waals surface area contributed by atoms with E-state index in [0.717, 1.165) is 22.6 Å². The van der Waals surface area contributed by atoms with Gasteiger partial charge in [-0.25, -0.2) is 0 Å². The molecule has 0 fully saturated rings. The lowest BCUT2D eigenvalue weighted by Gasteiger charge is -2.35. The Morgan fingerprint density at radius 1 is 0.500 bits per heavy atom. The molecule has 1 aromatic heterocycles. The molecule has 0 saturated carbocycles. The molecule has 0 radical (unpaired) electrons. The van der Waals surface area contributed by atoms with Crippen LogP contribution in [0.4, 0.5) is 17.1 Å². The van der Waals surface area contributed by atoms with Gasteiger partial charge in [0.05, 0.1) is 11.1 Å². The fraction of sp³-hybridized carbons (Fsp3) is 0.0345. The highest BCUT2D eigenvalue weighted by Crippen LogP contribution is 2.57. The van der Waals surface area contributed by atoms with Gasteiger partial charge in [0.15, 0.2) is 0 Å². The highest BCUT2D eigenvalue weighted by molar-refractivity contribution is 7.26. The fourth-order valence-corrected chi connectivity index (χ4v) is 11.1. The molecule has 0 saturated heterocycles. The number of anilines is 3. The van der Waals surface area contributed by atoms with Crippen molar-refractivity contribution in [2.75, 3.05) is 4.90 Å². The summed E-state index contributed by atoms with van der Waals surface area (Å²) >= 11 is 1.88. The zero-order valence-electron chi connectivity index (χ0n) is 33.3. The van der Waals surface area contributed by atoms with Gasteiger partial charge in [-0.2, -0.15) is 0 Å². The normalized spacial score (nSPS) is 12.9. The molecule has 11 rings (SSSR count). The van der Waals surface area contributed by atoms with E-state index in [9.17, 15) is 0 Å². The maximum atomic E-state index is 4.32. The zero-order chi connectivity index (χ0) is 40.2. The van der Waals surface area contributed by atoms with Crippen molar-refractivity contribution in [1.29, 1.82) is 0 Å². The number of benzene rings is 9. The first-order valence-electron chi connectivity index (χ1n) is 20.7. The third-order valence-electron chi connectivity index (χ3n) is 12.4. The molecule has 0 bridgehead atoms. The molecule has 1 heterocycles.